The van der Waals surface area contributed by atoms with E-state index in [2.05, 4.69) is 0 Å². The van der Waals surface area contributed by atoms with Crippen molar-refractivity contribution in [3.8, 4) is 11.5 Å². The molecule has 5 nitrogen and oxygen atoms in total. The van der Waals surface area contributed by atoms with Gasteiger partial charge in [0.05, 0.1) is 30.4 Å². The minimum Gasteiger partial charge on any atom is -0.493 e. The molecule has 0 radical (unpaired) electrons. The van der Waals surface area contributed by atoms with Gasteiger partial charge in [0.2, 0.25) is 0 Å². The highest BCUT2D eigenvalue weighted by Crippen LogP contribution is 2.42. The SMILES string of the molecule is COc1ccc(C2=C(SC(C)C)C(=O)N(c3ccccc3F)C2=O)cc1OC. The Balaban J connectivity index is 2.15. The van der Waals surface area contributed by atoms with Gasteiger partial charge in [-0.2, -0.15) is 0 Å². The Morgan fingerprint density at radius 3 is 2.25 bits per heavy atom. The van der Waals surface area contributed by atoms with E-state index in [-0.39, 0.29) is 21.4 Å². The van der Waals surface area contributed by atoms with Crippen LogP contribution in [0.5, 0.6) is 11.5 Å². The van der Waals surface area contributed by atoms with Crippen molar-refractivity contribution in [2.45, 2.75) is 19.1 Å². The third-order valence-corrected chi connectivity index (χ3v) is 5.25. The van der Waals surface area contributed by atoms with E-state index in [0.29, 0.717) is 17.1 Å². The summed E-state index contributed by atoms with van der Waals surface area (Å²) >= 11 is 1.28. The molecule has 0 saturated heterocycles. The largest absolute Gasteiger partial charge is 0.493 e. The molecule has 0 saturated carbocycles. The Labute approximate surface area is 167 Å². The van der Waals surface area contributed by atoms with E-state index in [4.69, 9.17) is 9.47 Å². The molecule has 2 amide bonds. The number of ether oxygens (including phenoxy) is 2. The van der Waals surface area contributed by atoms with Crippen LogP contribution in [0.15, 0.2) is 47.4 Å². The quantitative estimate of drug-likeness (QED) is 0.677. The third-order valence-electron chi connectivity index (χ3n) is 4.16. The van der Waals surface area contributed by atoms with Crippen LogP contribution in [0.2, 0.25) is 0 Å². The van der Waals surface area contributed by atoms with E-state index in [1.807, 2.05) is 13.8 Å². The van der Waals surface area contributed by atoms with E-state index >= 15 is 0 Å². The van der Waals surface area contributed by atoms with Gasteiger partial charge in [-0.15, -0.1) is 11.8 Å². The number of amides is 2. The smallest absolute Gasteiger partial charge is 0.272 e. The topological polar surface area (TPSA) is 55.8 Å². The molecule has 0 aromatic heterocycles. The zero-order valence-corrected chi connectivity index (χ0v) is 16.8. The summed E-state index contributed by atoms with van der Waals surface area (Å²) in [7, 11) is 3.01. The maximum absolute atomic E-state index is 14.3. The molecule has 2 aromatic rings. The maximum atomic E-state index is 14.3. The van der Waals surface area contributed by atoms with E-state index in [1.54, 1.807) is 24.3 Å². The average Bonchev–Trinajstić information content (AvgIpc) is 2.91. The van der Waals surface area contributed by atoms with E-state index in [0.717, 1.165) is 4.90 Å². The maximum Gasteiger partial charge on any atom is 0.272 e. The van der Waals surface area contributed by atoms with Crippen molar-refractivity contribution in [2.24, 2.45) is 0 Å². The van der Waals surface area contributed by atoms with Crippen LogP contribution < -0.4 is 14.4 Å². The van der Waals surface area contributed by atoms with Crippen molar-refractivity contribution >= 4 is 34.8 Å². The monoisotopic (exact) mass is 401 g/mol. The number of methoxy groups -OCH3 is 2. The minimum atomic E-state index is -0.633. The second-order valence-electron chi connectivity index (χ2n) is 6.34. The highest BCUT2D eigenvalue weighted by Gasteiger charge is 2.41. The fraction of sp³-hybridized carbons (Fsp3) is 0.238. The molecule has 3 rings (SSSR count). The number of benzene rings is 2. The van der Waals surface area contributed by atoms with Crippen molar-refractivity contribution < 1.29 is 23.5 Å². The van der Waals surface area contributed by atoms with Crippen molar-refractivity contribution in [3.63, 3.8) is 0 Å². The molecule has 0 fully saturated rings. The second-order valence-corrected chi connectivity index (χ2v) is 7.92. The van der Waals surface area contributed by atoms with Crippen molar-refractivity contribution in [2.75, 3.05) is 19.1 Å². The van der Waals surface area contributed by atoms with Gasteiger partial charge in [0.1, 0.15) is 5.82 Å². The number of thioether (sulfide) groups is 1. The fourth-order valence-corrected chi connectivity index (χ4v) is 3.94. The molecular weight excluding hydrogens is 381 g/mol. The number of rotatable bonds is 6. The van der Waals surface area contributed by atoms with E-state index in [1.165, 1.54) is 44.2 Å². The van der Waals surface area contributed by atoms with Crippen LogP contribution in [0, 0.1) is 5.82 Å². The first-order valence-corrected chi connectivity index (χ1v) is 9.53. The van der Waals surface area contributed by atoms with Crippen molar-refractivity contribution in [3.05, 3.63) is 58.8 Å². The lowest BCUT2D eigenvalue weighted by molar-refractivity contribution is -0.119. The van der Waals surface area contributed by atoms with Gasteiger partial charge >= 0.3 is 0 Å². The number of hydrogen-bond acceptors (Lipinski definition) is 5. The van der Waals surface area contributed by atoms with Gasteiger partial charge in [-0.05, 0) is 29.8 Å². The number of nitrogens with zero attached hydrogens (tertiary/aromatic N) is 1. The Kier molecular flexibility index (Phi) is 5.74. The predicted molar refractivity (Wildman–Crippen MR) is 108 cm³/mol. The number of para-hydroxylation sites is 1. The lowest BCUT2D eigenvalue weighted by atomic mass is 10.1. The van der Waals surface area contributed by atoms with Crippen molar-refractivity contribution in [1.29, 1.82) is 0 Å². The van der Waals surface area contributed by atoms with Crippen molar-refractivity contribution in [1.82, 2.24) is 0 Å². The van der Waals surface area contributed by atoms with Crippen LogP contribution in [-0.2, 0) is 9.59 Å². The first kappa shape index (κ1) is 19.9. The predicted octanol–water partition coefficient (Wildman–Crippen LogP) is 4.27. The van der Waals surface area contributed by atoms with Gasteiger partial charge in [-0.1, -0.05) is 32.0 Å². The first-order chi connectivity index (χ1) is 13.4. The Bertz CT molecular complexity index is 971. The van der Waals surface area contributed by atoms with E-state index < -0.39 is 17.6 Å². The Morgan fingerprint density at radius 2 is 1.64 bits per heavy atom. The van der Waals surface area contributed by atoms with Gasteiger partial charge < -0.3 is 9.47 Å². The van der Waals surface area contributed by atoms with Gasteiger partial charge in [-0.25, -0.2) is 9.29 Å². The number of hydrogen-bond donors (Lipinski definition) is 0. The molecule has 0 atom stereocenters. The first-order valence-electron chi connectivity index (χ1n) is 8.65. The van der Waals surface area contributed by atoms with Crippen LogP contribution in [0.25, 0.3) is 5.57 Å². The van der Waals surface area contributed by atoms with Gasteiger partial charge in [0.15, 0.2) is 11.5 Å². The summed E-state index contributed by atoms with van der Waals surface area (Å²) in [5.41, 5.74) is 0.681. The molecule has 0 spiro atoms. The molecule has 2 aromatic carbocycles. The van der Waals surface area contributed by atoms with Crippen LogP contribution in [-0.4, -0.2) is 31.3 Å². The molecule has 0 N–H and O–H groups in total. The van der Waals surface area contributed by atoms with Crippen LogP contribution >= 0.6 is 11.8 Å². The zero-order valence-electron chi connectivity index (χ0n) is 16.0. The number of anilines is 1. The molecule has 28 heavy (non-hydrogen) atoms. The van der Waals surface area contributed by atoms with Gasteiger partial charge in [0.25, 0.3) is 11.8 Å². The summed E-state index contributed by atoms with van der Waals surface area (Å²) in [4.78, 5) is 27.5. The summed E-state index contributed by atoms with van der Waals surface area (Å²) in [6, 6.07) is 10.7. The number of imide groups is 1. The molecular formula is C21H20FNO4S. The normalized spacial score (nSPS) is 14.3. The molecule has 1 heterocycles. The highest BCUT2D eigenvalue weighted by molar-refractivity contribution is 8.04. The number of carbonyl (C=O) groups excluding carboxylic acids is 2. The Morgan fingerprint density at radius 1 is 0.964 bits per heavy atom. The minimum absolute atomic E-state index is 0.0578. The molecule has 7 heteroatoms. The molecule has 1 aliphatic heterocycles. The zero-order chi connectivity index (χ0) is 20.4. The number of carbonyl (C=O) groups is 2. The average molecular weight is 401 g/mol. The van der Waals surface area contributed by atoms with Crippen LogP contribution in [0.1, 0.15) is 19.4 Å². The molecule has 146 valence electrons. The molecule has 0 aliphatic carbocycles. The molecule has 0 unspecified atom stereocenters. The lowest BCUT2D eigenvalue weighted by Crippen LogP contribution is -2.32. The highest BCUT2D eigenvalue weighted by atomic mass is 32.2. The standard InChI is InChI=1S/C21H20FNO4S/c1-12(2)28-19-18(13-9-10-16(26-3)17(11-13)27-4)20(24)23(21(19)25)15-8-6-5-7-14(15)22/h5-12H,1-4H3. The molecule has 0 bridgehead atoms. The number of halogens is 1. The summed E-state index contributed by atoms with van der Waals surface area (Å²) in [6.07, 6.45) is 0. The third kappa shape index (κ3) is 3.49. The summed E-state index contributed by atoms with van der Waals surface area (Å²) in [5, 5.41) is 0.0578. The Hall–Kier alpha value is -2.80. The van der Waals surface area contributed by atoms with Crippen LogP contribution in [0.4, 0.5) is 10.1 Å². The fourth-order valence-electron chi connectivity index (χ4n) is 2.95. The summed E-state index contributed by atoms with van der Waals surface area (Å²) in [5.74, 6) is -0.783. The van der Waals surface area contributed by atoms with Crippen LogP contribution in [0.3, 0.4) is 0 Å². The van der Waals surface area contributed by atoms with E-state index in [9.17, 15) is 14.0 Å². The summed E-state index contributed by atoms with van der Waals surface area (Å²) in [6.45, 7) is 3.85. The van der Waals surface area contributed by atoms with Gasteiger partial charge in [-0.3, -0.25) is 9.59 Å². The molecule has 1 aliphatic rings. The van der Waals surface area contributed by atoms with Gasteiger partial charge in [0, 0.05) is 5.25 Å². The lowest BCUT2D eigenvalue weighted by Gasteiger charge is -2.16. The summed E-state index contributed by atoms with van der Waals surface area (Å²) < 4.78 is 24.9. The second kappa shape index (κ2) is 8.06.